The fourth-order valence-electron chi connectivity index (χ4n) is 2.83. The SMILES string of the molecule is CCOc1cc(CNCCc2nc3ccccc3[nH]2)cc(Cl)c1OCC. The maximum atomic E-state index is 6.36. The molecule has 138 valence electrons. The number of hydrogen-bond acceptors (Lipinski definition) is 4. The molecule has 0 unspecified atom stereocenters. The maximum absolute atomic E-state index is 6.36. The predicted octanol–water partition coefficient (Wildman–Crippen LogP) is 4.35. The number of hydrogen-bond donors (Lipinski definition) is 2. The van der Waals surface area contributed by atoms with Crippen molar-refractivity contribution in [2.24, 2.45) is 0 Å². The number of H-pyrrole nitrogens is 1. The first-order chi connectivity index (χ1) is 12.7. The minimum Gasteiger partial charge on any atom is -0.490 e. The highest BCUT2D eigenvalue weighted by atomic mass is 35.5. The van der Waals surface area contributed by atoms with Crippen molar-refractivity contribution in [1.82, 2.24) is 15.3 Å². The normalized spacial score (nSPS) is 11.0. The number of nitrogens with one attached hydrogen (secondary N) is 2. The largest absolute Gasteiger partial charge is 0.490 e. The van der Waals surface area contributed by atoms with Crippen molar-refractivity contribution in [3.05, 3.63) is 52.8 Å². The molecule has 0 aliphatic carbocycles. The molecule has 26 heavy (non-hydrogen) atoms. The predicted molar refractivity (Wildman–Crippen MR) is 105 cm³/mol. The van der Waals surface area contributed by atoms with Gasteiger partial charge >= 0.3 is 0 Å². The van der Waals surface area contributed by atoms with Gasteiger partial charge in [-0.15, -0.1) is 0 Å². The van der Waals surface area contributed by atoms with E-state index in [2.05, 4.69) is 15.3 Å². The van der Waals surface area contributed by atoms with Crippen LogP contribution in [0, 0.1) is 0 Å². The molecule has 0 aliphatic rings. The summed E-state index contributed by atoms with van der Waals surface area (Å²) in [4.78, 5) is 7.93. The Morgan fingerprint density at radius 3 is 2.69 bits per heavy atom. The Morgan fingerprint density at radius 2 is 1.92 bits per heavy atom. The first-order valence-corrected chi connectivity index (χ1v) is 9.31. The smallest absolute Gasteiger partial charge is 0.179 e. The number of benzene rings is 2. The Balaban J connectivity index is 1.58. The van der Waals surface area contributed by atoms with E-state index in [9.17, 15) is 0 Å². The summed E-state index contributed by atoms with van der Waals surface area (Å²) in [5.74, 6) is 2.29. The lowest BCUT2D eigenvalue weighted by molar-refractivity contribution is 0.287. The second-order valence-corrected chi connectivity index (χ2v) is 6.31. The molecule has 2 N–H and O–H groups in total. The summed E-state index contributed by atoms with van der Waals surface area (Å²) in [5.41, 5.74) is 3.14. The van der Waals surface area contributed by atoms with Gasteiger partial charge in [-0.05, 0) is 43.7 Å². The number of rotatable bonds is 9. The minimum atomic E-state index is 0.550. The molecule has 0 aliphatic heterocycles. The monoisotopic (exact) mass is 373 g/mol. The van der Waals surface area contributed by atoms with E-state index in [-0.39, 0.29) is 0 Å². The van der Waals surface area contributed by atoms with E-state index in [4.69, 9.17) is 21.1 Å². The zero-order chi connectivity index (χ0) is 18.4. The second kappa shape index (κ2) is 8.92. The van der Waals surface area contributed by atoms with Crippen LogP contribution in [0.15, 0.2) is 36.4 Å². The molecule has 0 radical (unpaired) electrons. The van der Waals surface area contributed by atoms with Gasteiger partial charge in [0.15, 0.2) is 11.5 Å². The van der Waals surface area contributed by atoms with Gasteiger partial charge in [0, 0.05) is 19.5 Å². The fourth-order valence-corrected chi connectivity index (χ4v) is 3.12. The van der Waals surface area contributed by atoms with Gasteiger partial charge in [-0.2, -0.15) is 0 Å². The summed E-state index contributed by atoms with van der Waals surface area (Å²) in [6.45, 7) is 6.51. The molecule has 3 aromatic rings. The third-order valence-electron chi connectivity index (χ3n) is 3.96. The molecular formula is C20H24ClN3O2. The standard InChI is InChI=1S/C20H24ClN3O2/c1-3-25-18-12-14(11-15(21)20(18)26-4-2)13-22-10-9-19-23-16-7-5-6-8-17(16)24-19/h5-8,11-12,22H,3-4,9-10,13H2,1-2H3,(H,23,24). The van der Waals surface area contributed by atoms with Crippen LogP contribution in [-0.2, 0) is 13.0 Å². The highest BCUT2D eigenvalue weighted by molar-refractivity contribution is 6.32. The first-order valence-electron chi connectivity index (χ1n) is 8.93. The Labute approximate surface area is 158 Å². The molecule has 5 nitrogen and oxygen atoms in total. The lowest BCUT2D eigenvalue weighted by Crippen LogP contribution is -2.17. The number of fused-ring (bicyclic) bond motifs is 1. The van der Waals surface area contributed by atoms with Crippen molar-refractivity contribution in [3.8, 4) is 11.5 Å². The quantitative estimate of drug-likeness (QED) is 0.547. The average molecular weight is 374 g/mol. The summed E-state index contributed by atoms with van der Waals surface area (Å²) in [6, 6.07) is 12.0. The zero-order valence-corrected chi connectivity index (χ0v) is 15.9. The number of aromatic amines is 1. The fraction of sp³-hybridized carbons (Fsp3) is 0.350. The maximum Gasteiger partial charge on any atom is 0.179 e. The highest BCUT2D eigenvalue weighted by Gasteiger charge is 2.12. The van der Waals surface area contributed by atoms with E-state index in [1.54, 1.807) is 0 Å². The molecule has 0 fully saturated rings. The van der Waals surface area contributed by atoms with Gasteiger partial charge in [0.1, 0.15) is 5.82 Å². The number of imidazole rings is 1. The summed E-state index contributed by atoms with van der Waals surface area (Å²) >= 11 is 6.36. The van der Waals surface area contributed by atoms with Crippen LogP contribution in [-0.4, -0.2) is 29.7 Å². The third-order valence-corrected chi connectivity index (χ3v) is 4.24. The van der Waals surface area contributed by atoms with Gasteiger partial charge in [0.25, 0.3) is 0 Å². The van der Waals surface area contributed by atoms with Gasteiger partial charge < -0.3 is 19.8 Å². The van der Waals surface area contributed by atoms with Gasteiger partial charge in [-0.1, -0.05) is 23.7 Å². The van der Waals surface area contributed by atoms with Crippen LogP contribution in [0.4, 0.5) is 0 Å². The van der Waals surface area contributed by atoms with Gasteiger partial charge in [-0.3, -0.25) is 0 Å². The summed E-state index contributed by atoms with van der Waals surface area (Å²) in [5, 5.41) is 4.00. The van der Waals surface area contributed by atoms with Crippen LogP contribution < -0.4 is 14.8 Å². The molecule has 6 heteroatoms. The van der Waals surface area contributed by atoms with Gasteiger partial charge in [0.2, 0.25) is 0 Å². The molecule has 0 saturated heterocycles. The van der Waals surface area contributed by atoms with Crippen LogP contribution in [0.5, 0.6) is 11.5 Å². The molecule has 0 amide bonds. The van der Waals surface area contributed by atoms with Crippen molar-refractivity contribution in [1.29, 1.82) is 0 Å². The molecule has 1 heterocycles. The van der Waals surface area contributed by atoms with E-state index in [1.807, 2.05) is 50.2 Å². The average Bonchev–Trinajstić information content (AvgIpc) is 3.05. The Hall–Kier alpha value is -2.24. The third kappa shape index (κ3) is 4.48. The lowest BCUT2D eigenvalue weighted by atomic mass is 10.2. The van der Waals surface area contributed by atoms with Crippen molar-refractivity contribution in [2.75, 3.05) is 19.8 Å². The van der Waals surface area contributed by atoms with Crippen LogP contribution in [0.2, 0.25) is 5.02 Å². The zero-order valence-electron chi connectivity index (χ0n) is 15.1. The van der Waals surface area contributed by atoms with Gasteiger partial charge in [0.05, 0.1) is 29.3 Å². The lowest BCUT2D eigenvalue weighted by Gasteiger charge is -2.14. The Morgan fingerprint density at radius 1 is 1.12 bits per heavy atom. The first kappa shape index (κ1) is 18.5. The Bertz CT molecular complexity index is 830. The Kier molecular flexibility index (Phi) is 6.36. The number of ether oxygens (including phenoxy) is 2. The van der Waals surface area contributed by atoms with Crippen LogP contribution >= 0.6 is 11.6 Å². The van der Waals surface area contributed by atoms with Crippen LogP contribution in [0.25, 0.3) is 11.0 Å². The molecule has 2 aromatic carbocycles. The number of nitrogens with zero attached hydrogens (tertiary/aromatic N) is 1. The van der Waals surface area contributed by atoms with E-state index < -0.39 is 0 Å². The number of aromatic nitrogens is 2. The molecule has 1 aromatic heterocycles. The van der Waals surface area contributed by atoms with Crippen LogP contribution in [0.1, 0.15) is 25.2 Å². The van der Waals surface area contributed by atoms with E-state index >= 15 is 0 Å². The van der Waals surface area contributed by atoms with Crippen molar-refractivity contribution in [2.45, 2.75) is 26.8 Å². The van der Waals surface area contributed by atoms with Crippen molar-refractivity contribution < 1.29 is 9.47 Å². The number of para-hydroxylation sites is 2. The van der Waals surface area contributed by atoms with E-state index in [0.29, 0.717) is 36.3 Å². The van der Waals surface area contributed by atoms with Crippen LogP contribution in [0.3, 0.4) is 0 Å². The minimum absolute atomic E-state index is 0.550. The summed E-state index contributed by atoms with van der Waals surface area (Å²) in [7, 11) is 0. The molecule has 0 bridgehead atoms. The number of halogens is 1. The summed E-state index contributed by atoms with van der Waals surface area (Å²) in [6.07, 6.45) is 0.831. The van der Waals surface area contributed by atoms with E-state index in [1.165, 1.54) is 0 Å². The highest BCUT2D eigenvalue weighted by Crippen LogP contribution is 2.36. The molecular weight excluding hydrogens is 350 g/mol. The molecule has 3 rings (SSSR count). The van der Waals surface area contributed by atoms with Crippen molar-refractivity contribution >= 4 is 22.6 Å². The molecule has 0 saturated carbocycles. The van der Waals surface area contributed by atoms with Gasteiger partial charge in [-0.25, -0.2) is 4.98 Å². The molecule has 0 atom stereocenters. The molecule has 0 spiro atoms. The topological polar surface area (TPSA) is 59.2 Å². The second-order valence-electron chi connectivity index (χ2n) is 5.90. The summed E-state index contributed by atoms with van der Waals surface area (Å²) < 4.78 is 11.3. The van der Waals surface area contributed by atoms with E-state index in [0.717, 1.165) is 35.4 Å². The van der Waals surface area contributed by atoms with Crippen molar-refractivity contribution in [3.63, 3.8) is 0 Å².